The number of hydrogen-bond acceptors (Lipinski definition) is 2. The average Bonchev–Trinajstić information content (AvgIpc) is 2.20. The topological polar surface area (TPSA) is 46.2 Å². The van der Waals surface area contributed by atoms with Crippen LogP contribution in [0.1, 0.15) is 18.6 Å². The third-order valence-corrected chi connectivity index (χ3v) is 2.93. The Morgan fingerprint density at radius 2 is 2.00 bits per heavy atom. The van der Waals surface area contributed by atoms with Crippen molar-refractivity contribution in [3.8, 4) is 0 Å². The van der Waals surface area contributed by atoms with E-state index in [-0.39, 0.29) is 5.92 Å². The van der Waals surface area contributed by atoms with E-state index in [1.807, 2.05) is 6.92 Å². The van der Waals surface area contributed by atoms with Gasteiger partial charge in [0, 0.05) is 0 Å². The molecule has 0 saturated heterocycles. The SMILES string of the molecule is CC(CN)C(O)c1ccc(Cl)c(Cl)c1. The molecule has 0 aliphatic carbocycles. The van der Waals surface area contributed by atoms with Crippen molar-refractivity contribution in [2.75, 3.05) is 6.54 Å². The molecule has 0 aliphatic rings. The van der Waals surface area contributed by atoms with E-state index in [1.165, 1.54) is 0 Å². The molecule has 0 bridgehead atoms. The van der Waals surface area contributed by atoms with Crippen molar-refractivity contribution >= 4 is 23.2 Å². The number of aliphatic hydroxyl groups excluding tert-OH is 1. The Labute approximate surface area is 93.6 Å². The van der Waals surface area contributed by atoms with Gasteiger partial charge in [0.25, 0.3) is 0 Å². The molecule has 1 aromatic rings. The molecule has 0 heterocycles. The quantitative estimate of drug-likeness (QED) is 0.844. The van der Waals surface area contributed by atoms with Gasteiger partial charge in [0.2, 0.25) is 0 Å². The van der Waals surface area contributed by atoms with Crippen molar-refractivity contribution in [2.45, 2.75) is 13.0 Å². The minimum Gasteiger partial charge on any atom is -0.388 e. The lowest BCUT2D eigenvalue weighted by Crippen LogP contribution is -2.18. The Hall–Kier alpha value is -0.280. The van der Waals surface area contributed by atoms with E-state index in [4.69, 9.17) is 28.9 Å². The van der Waals surface area contributed by atoms with Gasteiger partial charge in [-0.2, -0.15) is 0 Å². The number of aliphatic hydroxyl groups is 1. The first-order valence-corrected chi connectivity index (χ1v) is 5.15. The van der Waals surface area contributed by atoms with Gasteiger partial charge < -0.3 is 10.8 Å². The fourth-order valence-electron chi connectivity index (χ4n) is 1.15. The number of rotatable bonds is 3. The van der Waals surface area contributed by atoms with E-state index < -0.39 is 6.10 Å². The maximum Gasteiger partial charge on any atom is 0.0828 e. The van der Waals surface area contributed by atoms with Crippen molar-refractivity contribution < 1.29 is 5.11 Å². The lowest BCUT2D eigenvalue weighted by molar-refractivity contribution is 0.122. The Bertz CT molecular complexity index is 317. The number of hydrogen-bond donors (Lipinski definition) is 2. The van der Waals surface area contributed by atoms with Crippen LogP contribution in [0.25, 0.3) is 0 Å². The first kappa shape index (κ1) is 11.8. The zero-order valence-electron chi connectivity index (χ0n) is 7.87. The summed E-state index contributed by atoms with van der Waals surface area (Å²) in [6, 6.07) is 5.09. The summed E-state index contributed by atoms with van der Waals surface area (Å²) in [6.07, 6.45) is -0.588. The van der Waals surface area contributed by atoms with Gasteiger partial charge in [0.15, 0.2) is 0 Å². The molecule has 78 valence electrons. The summed E-state index contributed by atoms with van der Waals surface area (Å²) in [5, 5.41) is 10.8. The smallest absolute Gasteiger partial charge is 0.0828 e. The van der Waals surface area contributed by atoms with Crippen molar-refractivity contribution in [3.05, 3.63) is 33.8 Å². The van der Waals surface area contributed by atoms with Gasteiger partial charge in [-0.05, 0) is 30.2 Å². The average molecular weight is 234 g/mol. The van der Waals surface area contributed by atoms with Crippen LogP contribution in [-0.4, -0.2) is 11.7 Å². The highest BCUT2D eigenvalue weighted by atomic mass is 35.5. The third kappa shape index (κ3) is 2.61. The van der Waals surface area contributed by atoms with Gasteiger partial charge in [-0.1, -0.05) is 36.2 Å². The number of benzene rings is 1. The third-order valence-electron chi connectivity index (χ3n) is 2.20. The monoisotopic (exact) mass is 233 g/mol. The molecule has 2 unspecified atom stereocenters. The summed E-state index contributed by atoms with van der Waals surface area (Å²) < 4.78 is 0. The Balaban J connectivity index is 2.91. The molecule has 2 nitrogen and oxygen atoms in total. The van der Waals surface area contributed by atoms with Crippen LogP contribution in [-0.2, 0) is 0 Å². The van der Waals surface area contributed by atoms with Crippen LogP contribution in [0.15, 0.2) is 18.2 Å². The van der Waals surface area contributed by atoms with Gasteiger partial charge in [0.1, 0.15) is 0 Å². The largest absolute Gasteiger partial charge is 0.388 e. The van der Waals surface area contributed by atoms with Gasteiger partial charge in [-0.15, -0.1) is 0 Å². The van der Waals surface area contributed by atoms with E-state index in [2.05, 4.69) is 0 Å². The second kappa shape index (κ2) is 4.99. The van der Waals surface area contributed by atoms with Crippen molar-refractivity contribution in [1.29, 1.82) is 0 Å². The van der Waals surface area contributed by atoms with Gasteiger partial charge in [-0.3, -0.25) is 0 Å². The van der Waals surface area contributed by atoms with Crippen LogP contribution >= 0.6 is 23.2 Å². The van der Waals surface area contributed by atoms with Crippen LogP contribution in [0.5, 0.6) is 0 Å². The number of nitrogens with two attached hydrogens (primary N) is 1. The molecule has 0 fully saturated rings. The molecule has 1 aromatic carbocycles. The van der Waals surface area contributed by atoms with E-state index >= 15 is 0 Å². The van der Waals surface area contributed by atoms with Crippen molar-refractivity contribution in [2.24, 2.45) is 11.7 Å². The molecule has 0 spiro atoms. The molecule has 0 amide bonds. The Kier molecular flexibility index (Phi) is 4.20. The van der Waals surface area contributed by atoms with Gasteiger partial charge in [0.05, 0.1) is 16.1 Å². The van der Waals surface area contributed by atoms with Crippen molar-refractivity contribution in [1.82, 2.24) is 0 Å². The standard InChI is InChI=1S/C10H13Cl2NO/c1-6(5-13)10(14)7-2-3-8(11)9(12)4-7/h2-4,6,10,14H,5,13H2,1H3. The molecule has 0 aliphatic heterocycles. The minimum absolute atomic E-state index is 0.00671. The molecule has 4 heteroatoms. The predicted octanol–water partition coefficient (Wildman–Crippen LogP) is 2.62. The van der Waals surface area contributed by atoms with Crippen LogP contribution in [0.2, 0.25) is 10.0 Å². The van der Waals surface area contributed by atoms with E-state index in [0.29, 0.717) is 16.6 Å². The highest BCUT2D eigenvalue weighted by Gasteiger charge is 2.15. The van der Waals surface area contributed by atoms with Crippen LogP contribution < -0.4 is 5.73 Å². The Morgan fingerprint density at radius 1 is 1.36 bits per heavy atom. The zero-order chi connectivity index (χ0) is 10.7. The summed E-state index contributed by atoms with van der Waals surface area (Å²) in [5.41, 5.74) is 6.21. The van der Waals surface area contributed by atoms with E-state index in [0.717, 1.165) is 5.56 Å². The van der Waals surface area contributed by atoms with Gasteiger partial charge in [-0.25, -0.2) is 0 Å². The second-order valence-electron chi connectivity index (χ2n) is 3.33. The van der Waals surface area contributed by atoms with Crippen LogP contribution in [0.3, 0.4) is 0 Å². The summed E-state index contributed by atoms with van der Waals surface area (Å²) in [6.45, 7) is 2.31. The summed E-state index contributed by atoms with van der Waals surface area (Å²) in [4.78, 5) is 0. The molecule has 1 rings (SSSR count). The lowest BCUT2D eigenvalue weighted by atomic mass is 9.98. The molecule has 3 N–H and O–H groups in total. The Morgan fingerprint density at radius 3 is 2.50 bits per heavy atom. The van der Waals surface area contributed by atoms with Crippen molar-refractivity contribution in [3.63, 3.8) is 0 Å². The molecule has 2 atom stereocenters. The van der Waals surface area contributed by atoms with E-state index in [1.54, 1.807) is 18.2 Å². The maximum atomic E-state index is 9.82. The fraction of sp³-hybridized carbons (Fsp3) is 0.400. The molecule has 0 radical (unpaired) electrons. The first-order chi connectivity index (χ1) is 6.56. The molecular formula is C10H13Cl2NO. The maximum absolute atomic E-state index is 9.82. The highest BCUT2D eigenvalue weighted by Crippen LogP contribution is 2.28. The first-order valence-electron chi connectivity index (χ1n) is 4.39. The highest BCUT2D eigenvalue weighted by molar-refractivity contribution is 6.42. The number of halogens is 2. The molecule has 14 heavy (non-hydrogen) atoms. The summed E-state index contributed by atoms with van der Waals surface area (Å²) in [7, 11) is 0. The van der Waals surface area contributed by atoms with Crippen LogP contribution in [0, 0.1) is 5.92 Å². The second-order valence-corrected chi connectivity index (χ2v) is 4.15. The summed E-state index contributed by atoms with van der Waals surface area (Å²) >= 11 is 11.6. The van der Waals surface area contributed by atoms with Crippen LogP contribution in [0.4, 0.5) is 0 Å². The predicted molar refractivity (Wildman–Crippen MR) is 59.6 cm³/mol. The normalized spacial score (nSPS) is 15.2. The van der Waals surface area contributed by atoms with E-state index in [9.17, 15) is 5.11 Å². The summed E-state index contributed by atoms with van der Waals surface area (Å²) in [5.74, 6) is 0.00671. The molecule has 0 saturated carbocycles. The van der Waals surface area contributed by atoms with Gasteiger partial charge >= 0.3 is 0 Å². The minimum atomic E-state index is -0.588. The molecule has 0 aromatic heterocycles. The fourth-order valence-corrected chi connectivity index (χ4v) is 1.46. The lowest BCUT2D eigenvalue weighted by Gasteiger charge is -2.17. The zero-order valence-corrected chi connectivity index (χ0v) is 9.39. The molecular weight excluding hydrogens is 221 g/mol.